The van der Waals surface area contributed by atoms with E-state index in [4.69, 9.17) is 9.47 Å². The number of hydrogen-bond acceptors (Lipinski definition) is 7. The van der Waals surface area contributed by atoms with Gasteiger partial charge in [0, 0.05) is 18.7 Å². The highest BCUT2D eigenvalue weighted by molar-refractivity contribution is 7.89. The fourth-order valence-electron chi connectivity index (χ4n) is 3.56. The van der Waals surface area contributed by atoms with E-state index >= 15 is 0 Å². The second kappa shape index (κ2) is 11.0. The molecule has 35 heavy (non-hydrogen) atoms. The van der Waals surface area contributed by atoms with Crippen molar-refractivity contribution in [2.75, 3.05) is 13.3 Å². The smallest absolute Gasteiger partial charge is 0.251 e. The quantitative estimate of drug-likeness (QED) is 0.172. The van der Waals surface area contributed by atoms with Crippen LogP contribution < -0.4 is 19.5 Å². The number of benzene rings is 3. The maximum atomic E-state index is 12.8. The molecule has 9 nitrogen and oxygen atoms in total. The van der Waals surface area contributed by atoms with Gasteiger partial charge in [0.1, 0.15) is 0 Å². The minimum Gasteiger partial charge on any atom is -0.454 e. The number of oxime groups is 1. The van der Waals surface area contributed by atoms with E-state index in [1.807, 2.05) is 30.3 Å². The number of rotatable bonds is 10. The molecule has 0 unspecified atom stereocenters. The van der Waals surface area contributed by atoms with Crippen molar-refractivity contribution in [3.05, 3.63) is 89.5 Å². The van der Waals surface area contributed by atoms with Crippen molar-refractivity contribution in [1.82, 2.24) is 10.0 Å². The number of amides is 1. The average molecular weight is 496 g/mol. The van der Waals surface area contributed by atoms with E-state index in [-0.39, 0.29) is 29.7 Å². The molecule has 0 fully saturated rings. The van der Waals surface area contributed by atoms with E-state index in [0.717, 1.165) is 5.56 Å². The predicted octanol–water partition coefficient (Wildman–Crippen LogP) is 3.28. The molecule has 1 amide bonds. The fourth-order valence-corrected chi connectivity index (χ4v) is 4.62. The zero-order valence-corrected chi connectivity index (χ0v) is 19.6. The van der Waals surface area contributed by atoms with Gasteiger partial charge in [0.05, 0.1) is 10.6 Å². The maximum Gasteiger partial charge on any atom is 0.251 e. The number of fused-ring (bicyclic) bond motifs is 1. The Balaban J connectivity index is 1.31. The van der Waals surface area contributed by atoms with Crippen LogP contribution in [0, 0.1) is 0 Å². The first-order valence-corrected chi connectivity index (χ1v) is 12.5. The molecule has 182 valence electrons. The lowest BCUT2D eigenvalue weighted by molar-refractivity contribution is 0.0953. The van der Waals surface area contributed by atoms with Gasteiger partial charge in [-0.15, -0.1) is 0 Å². The number of sulfonamides is 1. The standard InChI is InChI=1S/C25H25N3O6S/c29-25(26-13-5-10-22(28-30)19-6-2-1-3-7-19)20-8-4-9-21(15-20)35(31,32)27-16-18-11-12-23-24(14-18)34-17-33-23/h1-4,6-9,11-12,14-15,27,30H,5,10,13,16-17H2,(H,26,29). The van der Waals surface area contributed by atoms with Gasteiger partial charge in [-0.3, -0.25) is 4.79 Å². The predicted molar refractivity (Wildman–Crippen MR) is 129 cm³/mol. The van der Waals surface area contributed by atoms with Gasteiger partial charge in [-0.25, -0.2) is 13.1 Å². The number of hydrogen-bond donors (Lipinski definition) is 3. The molecule has 0 saturated carbocycles. The summed E-state index contributed by atoms with van der Waals surface area (Å²) in [6, 6.07) is 20.3. The van der Waals surface area contributed by atoms with Gasteiger partial charge in [-0.05, 0) is 54.3 Å². The average Bonchev–Trinajstić information content (AvgIpc) is 3.36. The van der Waals surface area contributed by atoms with E-state index in [1.54, 1.807) is 24.3 Å². The first-order valence-electron chi connectivity index (χ1n) is 11.0. The van der Waals surface area contributed by atoms with Crippen LogP contribution in [-0.2, 0) is 16.6 Å². The monoisotopic (exact) mass is 495 g/mol. The number of nitrogens with one attached hydrogen (secondary N) is 2. The second-order valence-electron chi connectivity index (χ2n) is 7.81. The Morgan fingerprint density at radius 2 is 1.71 bits per heavy atom. The molecule has 0 atom stereocenters. The van der Waals surface area contributed by atoms with Crippen LogP contribution in [0.25, 0.3) is 0 Å². The molecule has 0 aliphatic carbocycles. The van der Waals surface area contributed by atoms with Gasteiger partial charge in [-0.1, -0.05) is 47.6 Å². The number of nitrogens with zero attached hydrogens (tertiary/aromatic N) is 1. The third kappa shape index (κ3) is 6.17. The van der Waals surface area contributed by atoms with Crippen LogP contribution in [0.15, 0.2) is 82.8 Å². The Morgan fingerprint density at radius 1 is 0.943 bits per heavy atom. The Hall–Kier alpha value is -3.89. The zero-order valence-electron chi connectivity index (χ0n) is 18.8. The van der Waals surface area contributed by atoms with Gasteiger partial charge in [0.2, 0.25) is 16.8 Å². The molecule has 3 aromatic rings. The lowest BCUT2D eigenvalue weighted by Crippen LogP contribution is -2.26. The first kappa shape index (κ1) is 24.2. The van der Waals surface area contributed by atoms with Crippen LogP contribution in [0.1, 0.15) is 34.3 Å². The third-order valence-electron chi connectivity index (χ3n) is 5.41. The molecule has 4 rings (SSSR count). The molecule has 0 bridgehead atoms. The Morgan fingerprint density at radius 3 is 2.51 bits per heavy atom. The number of carbonyl (C=O) groups excluding carboxylic acids is 1. The third-order valence-corrected chi connectivity index (χ3v) is 6.81. The summed E-state index contributed by atoms with van der Waals surface area (Å²) in [7, 11) is -3.84. The molecule has 0 aromatic heterocycles. The summed E-state index contributed by atoms with van der Waals surface area (Å²) in [6.45, 7) is 0.540. The Bertz CT molecular complexity index is 1330. The molecule has 1 heterocycles. The minimum absolute atomic E-state index is 0.00956. The van der Waals surface area contributed by atoms with Gasteiger partial charge in [0.15, 0.2) is 11.5 Å². The molecular weight excluding hydrogens is 470 g/mol. The largest absolute Gasteiger partial charge is 0.454 e. The van der Waals surface area contributed by atoms with Crippen LogP contribution >= 0.6 is 0 Å². The summed E-state index contributed by atoms with van der Waals surface area (Å²) in [5.41, 5.74) is 2.29. The summed E-state index contributed by atoms with van der Waals surface area (Å²) in [4.78, 5) is 12.6. The van der Waals surface area contributed by atoms with Crippen molar-refractivity contribution < 1.29 is 27.9 Å². The van der Waals surface area contributed by atoms with Crippen LogP contribution in [0.2, 0.25) is 0 Å². The molecule has 0 spiro atoms. The van der Waals surface area contributed by atoms with Crippen molar-refractivity contribution in [2.45, 2.75) is 24.3 Å². The van der Waals surface area contributed by atoms with Crippen molar-refractivity contribution in [3.63, 3.8) is 0 Å². The van der Waals surface area contributed by atoms with Crippen LogP contribution in [0.3, 0.4) is 0 Å². The summed E-state index contributed by atoms with van der Waals surface area (Å²) in [5.74, 6) is 0.803. The van der Waals surface area contributed by atoms with Crippen LogP contribution in [0.4, 0.5) is 0 Å². The van der Waals surface area contributed by atoms with E-state index in [9.17, 15) is 18.4 Å². The first-order chi connectivity index (χ1) is 17.0. The lowest BCUT2D eigenvalue weighted by atomic mass is 10.1. The van der Waals surface area contributed by atoms with E-state index in [0.29, 0.717) is 42.2 Å². The van der Waals surface area contributed by atoms with E-state index in [2.05, 4.69) is 15.2 Å². The van der Waals surface area contributed by atoms with Gasteiger partial charge in [-0.2, -0.15) is 0 Å². The molecular formula is C25H25N3O6S. The highest BCUT2D eigenvalue weighted by Gasteiger charge is 2.18. The van der Waals surface area contributed by atoms with Gasteiger partial charge < -0.3 is 20.0 Å². The topological polar surface area (TPSA) is 126 Å². The molecule has 3 aromatic carbocycles. The number of carbonyl (C=O) groups is 1. The lowest BCUT2D eigenvalue weighted by Gasteiger charge is -2.10. The van der Waals surface area contributed by atoms with Gasteiger partial charge in [0.25, 0.3) is 5.91 Å². The van der Waals surface area contributed by atoms with Crippen LogP contribution in [-0.4, -0.2) is 38.6 Å². The van der Waals surface area contributed by atoms with Gasteiger partial charge >= 0.3 is 0 Å². The Labute approximate surface area is 203 Å². The fraction of sp³-hybridized carbons (Fsp3) is 0.200. The number of ether oxygens (including phenoxy) is 2. The molecule has 1 aliphatic heterocycles. The molecule has 0 radical (unpaired) electrons. The summed E-state index contributed by atoms with van der Waals surface area (Å²) >= 11 is 0. The van der Waals surface area contributed by atoms with Crippen molar-refractivity contribution in [2.24, 2.45) is 5.16 Å². The molecule has 3 N–H and O–H groups in total. The zero-order chi connectivity index (χ0) is 24.7. The van der Waals surface area contributed by atoms with E-state index < -0.39 is 10.0 Å². The van der Waals surface area contributed by atoms with Crippen molar-refractivity contribution in [1.29, 1.82) is 0 Å². The molecule has 1 aliphatic rings. The molecule has 10 heteroatoms. The molecule has 0 saturated heterocycles. The minimum atomic E-state index is -3.84. The highest BCUT2D eigenvalue weighted by atomic mass is 32.2. The summed E-state index contributed by atoms with van der Waals surface area (Å²) in [5, 5.41) is 15.4. The maximum absolute atomic E-state index is 12.8. The second-order valence-corrected chi connectivity index (χ2v) is 9.58. The van der Waals surface area contributed by atoms with Crippen molar-refractivity contribution in [3.8, 4) is 11.5 Å². The SMILES string of the molecule is O=C(NCCCC(=NO)c1ccccc1)c1cccc(S(=O)(=O)NCc2ccc3c(c2)OCO3)c1. The summed E-state index contributed by atoms with van der Waals surface area (Å²) < 4.78 is 38.7. The Kier molecular flexibility index (Phi) is 7.64. The highest BCUT2D eigenvalue weighted by Crippen LogP contribution is 2.32. The van der Waals surface area contributed by atoms with Crippen molar-refractivity contribution >= 4 is 21.6 Å². The normalized spacial score (nSPS) is 13.0. The van der Waals surface area contributed by atoms with Crippen LogP contribution in [0.5, 0.6) is 11.5 Å². The summed E-state index contributed by atoms with van der Waals surface area (Å²) in [6.07, 6.45) is 1.02. The van der Waals surface area contributed by atoms with E-state index in [1.165, 1.54) is 18.2 Å².